The number of aryl methyl sites for hydroxylation is 2. The van der Waals surface area contributed by atoms with Crippen molar-refractivity contribution in [2.75, 3.05) is 4.72 Å². The first-order valence-corrected chi connectivity index (χ1v) is 7.97. The molecule has 112 valence electrons. The van der Waals surface area contributed by atoms with Gasteiger partial charge >= 0.3 is 5.97 Å². The van der Waals surface area contributed by atoms with Crippen LogP contribution in [0, 0.1) is 13.8 Å². The number of anilines is 1. The summed E-state index contributed by atoms with van der Waals surface area (Å²) in [5.41, 5.74) is -0.155. The van der Waals surface area contributed by atoms with E-state index in [2.05, 4.69) is 25.6 Å². The molecule has 7 nitrogen and oxygen atoms in total. The number of furan rings is 1. The van der Waals surface area contributed by atoms with Gasteiger partial charge in [-0.05, 0) is 41.9 Å². The van der Waals surface area contributed by atoms with E-state index in [-0.39, 0.29) is 27.7 Å². The molecule has 0 saturated carbocycles. The molecule has 0 aromatic carbocycles. The number of sulfonamides is 1. The largest absolute Gasteiger partial charge is 0.478 e. The first-order chi connectivity index (χ1) is 9.72. The third-order valence-electron chi connectivity index (χ3n) is 2.67. The van der Waals surface area contributed by atoms with E-state index in [0.29, 0.717) is 4.60 Å². The molecule has 2 rings (SSSR count). The molecule has 9 heteroatoms. The van der Waals surface area contributed by atoms with Gasteiger partial charge in [0.25, 0.3) is 10.0 Å². The van der Waals surface area contributed by atoms with Crippen molar-refractivity contribution >= 4 is 37.6 Å². The second kappa shape index (κ2) is 5.49. The summed E-state index contributed by atoms with van der Waals surface area (Å²) in [5.74, 6) is -1.31. The summed E-state index contributed by atoms with van der Waals surface area (Å²) in [7, 11) is -4.09. The van der Waals surface area contributed by atoms with Crippen LogP contribution in [0.5, 0.6) is 0 Å². The number of rotatable bonds is 4. The van der Waals surface area contributed by atoms with Crippen molar-refractivity contribution in [3.05, 3.63) is 40.0 Å². The lowest BCUT2D eigenvalue weighted by Gasteiger charge is -2.07. The molecular weight excluding hydrogens is 364 g/mol. The van der Waals surface area contributed by atoms with E-state index in [4.69, 9.17) is 9.52 Å². The molecule has 0 aliphatic rings. The second-order valence-electron chi connectivity index (χ2n) is 4.20. The van der Waals surface area contributed by atoms with Crippen LogP contribution < -0.4 is 4.72 Å². The second-order valence-corrected chi connectivity index (χ2v) is 6.63. The number of aromatic carboxylic acids is 1. The topological polar surface area (TPSA) is 110 Å². The third kappa shape index (κ3) is 3.08. The van der Waals surface area contributed by atoms with Gasteiger partial charge in [-0.1, -0.05) is 0 Å². The van der Waals surface area contributed by atoms with Crippen LogP contribution in [0.15, 0.2) is 32.2 Å². The molecule has 0 amide bonds. The average Bonchev–Trinajstić information content (AvgIpc) is 2.67. The van der Waals surface area contributed by atoms with E-state index in [0.717, 1.165) is 0 Å². The molecular formula is C12H11BrN2O5S. The van der Waals surface area contributed by atoms with Crippen LogP contribution in [-0.4, -0.2) is 24.5 Å². The summed E-state index contributed by atoms with van der Waals surface area (Å²) in [6.07, 6.45) is 1.31. The first kappa shape index (κ1) is 15.5. The Bertz CT molecular complexity index is 796. The fourth-order valence-electron chi connectivity index (χ4n) is 1.88. The molecule has 0 aliphatic heterocycles. The Morgan fingerprint density at radius 1 is 1.33 bits per heavy atom. The Labute approximate surface area is 129 Å². The van der Waals surface area contributed by atoms with Gasteiger partial charge in [-0.3, -0.25) is 4.72 Å². The molecule has 21 heavy (non-hydrogen) atoms. The molecule has 0 radical (unpaired) electrons. The zero-order chi connectivity index (χ0) is 15.8. The van der Waals surface area contributed by atoms with Crippen LogP contribution in [-0.2, 0) is 10.0 Å². The minimum Gasteiger partial charge on any atom is -0.478 e. The van der Waals surface area contributed by atoms with Gasteiger partial charge in [-0.25, -0.2) is 18.2 Å². The van der Waals surface area contributed by atoms with Crippen molar-refractivity contribution in [3.8, 4) is 0 Å². The zero-order valence-corrected chi connectivity index (χ0v) is 13.4. The highest BCUT2D eigenvalue weighted by molar-refractivity contribution is 9.10. The number of nitrogens with one attached hydrogen (secondary N) is 1. The smallest absolute Gasteiger partial charge is 0.340 e. The molecule has 2 N–H and O–H groups in total. The standard InChI is InChI=1S/C12H11BrN2O5S/c1-6-10(12(16)17)11(7(2)20-6)21(18,19)15-8-3-4-9(13)14-5-8/h3-5,15H,1-2H3,(H,16,17). The highest BCUT2D eigenvalue weighted by atomic mass is 79.9. The number of nitrogens with zero attached hydrogens (tertiary/aromatic N) is 1. The minimum atomic E-state index is -4.09. The van der Waals surface area contributed by atoms with Gasteiger partial charge in [0.2, 0.25) is 0 Å². The van der Waals surface area contributed by atoms with Gasteiger partial charge < -0.3 is 9.52 Å². The van der Waals surface area contributed by atoms with Crippen molar-refractivity contribution < 1.29 is 22.7 Å². The van der Waals surface area contributed by atoms with Crippen LogP contribution >= 0.6 is 15.9 Å². The van der Waals surface area contributed by atoms with E-state index < -0.39 is 16.0 Å². The molecule has 2 heterocycles. The number of pyridine rings is 1. The molecule has 0 aliphatic carbocycles. The monoisotopic (exact) mass is 374 g/mol. The Hall–Kier alpha value is -1.87. The number of hydrogen-bond acceptors (Lipinski definition) is 5. The van der Waals surface area contributed by atoms with E-state index in [1.807, 2.05) is 0 Å². The van der Waals surface area contributed by atoms with Crippen LogP contribution in [0.1, 0.15) is 21.9 Å². The Balaban J connectivity index is 2.50. The number of halogens is 1. The van der Waals surface area contributed by atoms with E-state index in [1.54, 1.807) is 6.07 Å². The van der Waals surface area contributed by atoms with Crippen LogP contribution in [0.4, 0.5) is 5.69 Å². The highest BCUT2D eigenvalue weighted by Gasteiger charge is 2.30. The molecule has 0 saturated heterocycles. The van der Waals surface area contributed by atoms with Crippen LogP contribution in [0.2, 0.25) is 0 Å². The Morgan fingerprint density at radius 2 is 2.00 bits per heavy atom. The summed E-state index contributed by atoms with van der Waals surface area (Å²) in [5, 5.41) is 9.15. The average molecular weight is 375 g/mol. The summed E-state index contributed by atoms with van der Waals surface area (Å²) in [6, 6.07) is 3.06. The zero-order valence-electron chi connectivity index (χ0n) is 11.0. The Morgan fingerprint density at radius 3 is 2.52 bits per heavy atom. The lowest BCUT2D eigenvalue weighted by molar-refractivity contribution is 0.0691. The molecule has 2 aromatic rings. The van der Waals surface area contributed by atoms with Crippen LogP contribution in [0.25, 0.3) is 0 Å². The Kier molecular flexibility index (Phi) is 4.06. The van der Waals surface area contributed by atoms with E-state index in [9.17, 15) is 13.2 Å². The van der Waals surface area contributed by atoms with Crippen LogP contribution in [0.3, 0.4) is 0 Å². The van der Waals surface area contributed by atoms with Gasteiger partial charge in [-0.15, -0.1) is 0 Å². The number of carboxylic acid groups (broad SMARTS) is 1. The highest BCUT2D eigenvalue weighted by Crippen LogP contribution is 2.28. The van der Waals surface area contributed by atoms with Crippen molar-refractivity contribution in [3.63, 3.8) is 0 Å². The maximum absolute atomic E-state index is 12.4. The van der Waals surface area contributed by atoms with E-state index in [1.165, 1.54) is 26.1 Å². The predicted molar refractivity (Wildman–Crippen MR) is 77.9 cm³/mol. The van der Waals surface area contributed by atoms with Gasteiger partial charge in [0.1, 0.15) is 26.6 Å². The van der Waals surface area contributed by atoms with Crippen molar-refractivity contribution in [1.82, 2.24) is 4.98 Å². The molecule has 0 unspecified atom stereocenters. The molecule has 0 bridgehead atoms. The molecule has 0 fully saturated rings. The number of carboxylic acids is 1. The molecule has 0 spiro atoms. The summed E-state index contributed by atoms with van der Waals surface area (Å²) < 4.78 is 32.7. The lowest BCUT2D eigenvalue weighted by Crippen LogP contribution is -2.17. The minimum absolute atomic E-state index is 0.0162. The fourth-order valence-corrected chi connectivity index (χ4v) is 3.56. The maximum Gasteiger partial charge on any atom is 0.340 e. The van der Waals surface area contributed by atoms with E-state index >= 15 is 0 Å². The third-order valence-corrected chi connectivity index (χ3v) is 4.67. The summed E-state index contributed by atoms with van der Waals surface area (Å²) >= 11 is 3.13. The first-order valence-electron chi connectivity index (χ1n) is 5.70. The van der Waals surface area contributed by atoms with Gasteiger partial charge in [0.15, 0.2) is 0 Å². The number of carbonyl (C=O) groups is 1. The van der Waals surface area contributed by atoms with Crippen molar-refractivity contribution in [2.45, 2.75) is 18.7 Å². The van der Waals surface area contributed by atoms with Gasteiger partial charge in [-0.2, -0.15) is 0 Å². The number of aromatic nitrogens is 1. The fraction of sp³-hybridized carbons (Fsp3) is 0.167. The van der Waals surface area contributed by atoms with Crippen molar-refractivity contribution in [2.24, 2.45) is 0 Å². The maximum atomic E-state index is 12.4. The van der Waals surface area contributed by atoms with Gasteiger partial charge in [0, 0.05) is 0 Å². The van der Waals surface area contributed by atoms with Gasteiger partial charge in [0.05, 0.1) is 11.9 Å². The predicted octanol–water partition coefficient (Wildman–Crippen LogP) is 2.55. The number of hydrogen-bond donors (Lipinski definition) is 2. The molecule has 2 aromatic heterocycles. The summed E-state index contributed by atoms with van der Waals surface area (Å²) in [6.45, 7) is 2.80. The quantitative estimate of drug-likeness (QED) is 0.795. The van der Waals surface area contributed by atoms with Crippen molar-refractivity contribution in [1.29, 1.82) is 0 Å². The summed E-state index contributed by atoms with van der Waals surface area (Å²) in [4.78, 5) is 14.7. The SMILES string of the molecule is Cc1oc(C)c(S(=O)(=O)Nc2ccc(Br)nc2)c1C(=O)O. The normalized spacial score (nSPS) is 11.4. The lowest BCUT2D eigenvalue weighted by atomic mass is 10.2. The molecule has 0 atom stereocenters.